The van der Waals surface area contributed by atoms with Crippen molar-refractivity contribution < 1.29 is 9.18 Å². The van der Waals surface area contributed by atoms with Gasteiger partial charge >= 0.3 is 6.03 Å². The Balaban J connectivity index is 1.59. The first-order chi connectivity index (χ1) is 10.1. The van der Waals surface area contributed by atoms with Gasteiger partial charge in [-0.15, -0.1) is 10.2 Å². The number of aromatic nitrogens is 3. The van der Waals surface area contributed by atoms with Crippen molar-refractivity contribution in [3.8, 4) is 0 Å². The molecule has 6 nitrogen and oxygen atoms in total. The summed E-state index contributed by atoms with van der Waals surface area (Å²) in [4.78, 5) is 11.9. The highest BCUT2D eigenvalue weighted by Crippen LogP contribution is 2.16. The maximum atomic E-state index is 13.0. The van der Waals surface area contributed by atoms with Crippen LogP contribution in [0.5, 0.6) is 0 Å². The Kier molecular flexibility index (Phi) is 3.55. The molecule has 2 heterocycles. The van der Waals surface area contributed by atoms with E-state index in [0.29, 0.717) is 17.8 Å². The molecule has 1 aliphatic rings. The van der Waals surface area contributed by atoms with E-state index < -0.39 is 0 Å². The van der Waals surface area contributed by atoms with Crippen LogP contribution in [0.1, 0.15) is 23.6 Å². The molecule has 2 amide bonds. The number of nitrogens with zero attached hydrogens (tertiary/aromatic N) is 3. The van der Waals surface area contributed by atoms with Crippen LogP contribution in [0.3, 0.4) is 0 Å². The molecule has 21 heavy (non-hydrogen) atoms. The van der Waals surface area contributed by atoms with E-state index in [-0.39, 0.29) is 11.8 Å². The molecule has 0 atom stereocenters. The summed E-state index contributed by atoms with van der Waals surface area (Å²) in [6.45, 7) is 2.96. The van der Waals surface area contributed by atoms with E-state index in [4.69, 9.17) is 0 Å². The van der Waals surface area contributed by atoms with Gasteiger partial charge in [-0.25, -0.2) is 9.18 Å². The number of hydrogen-bond donors (Lipinski definition) is 2. The summed E-state index contributed by atoms with van der Waals surface area (Å²) in [6, 6.07) is 3.88. The van der Waals surface area contributed by atoms with Gasteiger partial charge in [0.05, 0.1) is 6.54 Å². The van der Waals surface area contributed by atoms with Crippen LogP contribution in [-0.4, -0.2) is 20.8 Å². The molecule has 0 saturated heterocycles. The molecular weight excluding hydrogens is 273 g/mol. The molecule has 2 N–H and O–H groups in total. The molecule has 7 heteroatoms. The number of carbonyl (C=O) groups excluding carboxylic acids is 1. The van der Waals surface area contributed by atoms with Crippen LogP contribution < -0.4 is 10.6 Å². The highest BCUT2D eigenvalue weighted by atomic mass is 19.1. The molecule has 0 unspecified atom stereocenters. The number of amides is 2. The lowest BCUT2D eigenvalue weighted by Gasteiger charge is -2.10. The topological polar surface area (TPSA) is 71.8 Å². The zero-order chi connectivity index (χ0) is 14.8. The van der Waals surface area contributed by atoms with E-state index in [2.05, 4.69) is 20.8 Å². The normalized spacial score (nSPS) is 13.0. The predicted molar refractivity (Wildman–Crippen MR) is 75.3 cm³/mol. The van der Waals surface area contributed by atoms with Gasteiger partial charge in [0.15, 0.2) is 5.82 Å². The van der Waals surface area contributed by atoms with Gasteiger partial charge in [0, 0.05) is 18.7 Å². The average Bonchev–Trinajstić information content (AvgIpc) is 3.03. The van der Waals surface area contributed by atoms with Crippen LogP contribution in [-0.2, 0) is 19.5 Å². The zero-order valence-electron chi connectivity index (χ0n) is 11.7. The summed E-state index contributed by atoms with van der Waals surface area (Å²) in [5.41, 5.74) is 1.26. The van der Waals surface area contributed by atoms with E-state index in [1.54, 1.807) is 13.0 Å². The minimum absolute atomic E-state index is 0.319. The largest absolute Gasteiger partial charge is 0.331 e. The lowest BCUT2D eigenvalue weighted by Crippen LogP contribution is -2.29. The molecule has 3 rings (SSSR count). The first-order valence-electron chi connectivity index (χ1n) is 6.85. The van der Waals surface area contributed by atoms with Crippen molar-refractivity contribution in [3.05, 3.63) is 41.2 Å². The van der Waals surface area contributed by atoms with E-state index in [9.17, 15) is 9.18 Å². The molecule has 0 spiro atoms. The van der Waals surface area contributed by atoms with Crippen molar-refractivity contribution in [3.63, 3.8) is 0 Å². The molecule has 0 saturated carbocycles. The van der Waals surface area contributed by atoms with Crippen LogP contribution in [0, 0.1) is 12.7 Å². The fourth-order valence-electron chi connectivity index (χ4n) is 2.43. The lowest BCUT2D eigenvalue weighted by atomic mass is 10.2. The van der Waals surface area contributed by atoms with Crippen LogP contribution in [0.25, 0.3) is 0 Å². The number of carbonyl (C=O) groups is 1. The van der Waals surface area contributed by atoms with Gasteiger partial charge in [-0.2, -0.15) is 0 Å². The second kappa shape index (κ2) is 5.51. The number of aryl methyl sites for hydroxylation is 2. The average molecular weight is 289 g/mol. The third-order valence-corrected chi connectivity index (χ3v) is 3.53. The molecule has 1 aliphatic heterocycles. The van der Waals surface area contributed by atoms with Crippen LogP contribution >= 0.6 is 0 Å². The number of anilines is 1. The molecule has 1 aromatic carbocycles. The highest BCUT2D eigenvalue weighted by molar-refractivity contribution is 5.89. The summed E-state index contributed by atoms with van der Waals surface area (Å²) in [7, 11) is 0. The van der Waals surface area contributed by atoms with Crippen molar-refractivity contribution >= 4 is 11.7 Å². The van der Waals surface area contributed by atoms with Crippen LogP contribution in [0.2, 0.25) is 0 Å². The number of benzene rings is 1. The van der Waals surface area contributed by atoms with Crippen molar-refractivity contribution in [2.75, 3.05) is 5.32 Å². The fraction of sp³-hybridized carbons (Fsp3) is 0.357. The van der Waals surface area contributed by atoms with E-state index in [0.717, 1.165) is 31.0 Å². The molecule has 0 bridgehead atoms. The summed E-state index contributed by atoms with van der Waals surface area (Å²) >= 11 is 0. The Labute approximate surface area is 121 Å². The second-order valence-electron chi connectivity index (χ2n) is 5.05. The van der Waals surface area contributed by atoms with E-state index in [1.807, 2.05) is 4.57 Å². The minimum atomic E-state index is -0.347. The monoisotopic (exact) mass is 289 g/mol. The molecule has 1 aromatic heterocycles. The molecule has 110 valence electrons. The summed E-state index contributed by atoms with van der Waals surface area (Å²) in [5.74, 6) is 1.41. The molecule has 0 aliphatic carbocycles. The van der Waals surface area contributed by atoms with E-state index in [1.165, 1.54) is 12.1 Å². The van der Waals surface area contributed by atoms with Gasteiger partial charge in [0.1, 0.15) is 11.6 Å². The van der Waals surface area contributed by atoms with Crippen LogP contribution in [0.15, 0.2) is 18.2 Å². The SMILES string of the molecule is Cc1cc(F)ccc1NC(=O)NCc1nnc2n1CCC2. The Bertz CT molecular complexity index is 682. The molecule has 0 radical (unpaired) electrons. The second-order valence-corrected chi connectivity index (χ2v) is 5.05. The molecular formula is C14H16FN5O. The van der Waals surface area contributed by atoms with Crippen LogP contribution in [0.4, 0.5) is 14.9 Å². The first kappa shape index (κ1) is 13.5. The lowest BCUT2D eigenvalue weighted by molar-refractivity contribution is 0.251. The third-order valence-electron chi connectivity index (χ3n) is 3.53. The molecule has 2 aromatic rings. The maximum absolute atomic E-state index is 13.0. The van der Waals surface area contributed by atoms with Crippen molar-refractivity contribution in [1.82, 2.24) is 20.1 Å². The number of rotatable bonds is 3. The maximum Gasteiger partial charge on any atom is 0.319 e. The van der Waals surface area contributed by atoms with Crippen molar-refractivity contribution in [1.29, 1.82) is 0 Å². The first-order valence-corrected chi connectivity index (χ1v) is 6.85. The van der Waals surface area contributed by atoms with Gasteiger partial charge in [-0.05, 0) is 37.1 Å². The van der Waals surface area contributed by atoms with Crippen molar-refractivity contribution in [2.45, 2.75) is 32.9 Å². The number of fused-ring (bicyclic) bond motifs is 1. The Morgan fingerprint density at radius 3 is 3.10 bits per heavy atom. The van der Waals surface area contributed by atoms with E-state index >= 15 is 0 Å². The third kappa shape index (κ3) is 2.86. The van der Waals surface area contributed by atoms with Gasteiger partial charge in [0.25, 0.3) is 0 Å². The van der Waals surface area contributed by atoms with Gasteiger partial charge in [-0.3, -0.25) is 0 Å². The Morgan fingerprint density at radius 1 is 1.43 bits per heavy atom. The predicted octanol–water partition coefficient (Wildman–Crippen LogP) is 1.99. The van der Waals surface area contributed by atoms with Gasteiger partial charge in [0.2, 0.25) is 0 Å². The standard InChI is InChI=1S/C14H16FN5O/c1-9-7-10(15)4-5-11(9)17-14(21)16-8-13-19-18-12-3-2-6-20(12)13/h4-5,7H,2-3,6,8H2,1H3,(H2,16,17,21). The van der Waals surface area contributed by atoms with Gasteiger partial charge in [-0.1, -0.05) is 0 Å². The van der Waals surface area contributed by atoms with Crippen molar-refractivity contribution in [2.24, 2.45) is 0 Å². The minimum Gasteiger partial charge on any atom is -0.331 e. The Hall–Kier alpha value is -2.44. The smallest absolute Gasteiger partial charge is 0.319 e. The number of halogens is 1. The van der Waals surface area contributed by atoms with Gasteiger partial charge < -0.3 is 15.2 Å². The Morgan fingerprint density at radius 2 is 2.29 bits per heavy atom. The summed E-state index contributed by atoms with van der Waals surface area (Å²) in [6.07, 6.45) is 2.01. The highest BCUT2D eigenvalue weighted by Gasteiger charge is 2.17. The summed E-state index contributed by atoms with van der Waals surface area (Å²) in [5, 5.41) is 13.6. The quantitative estimate of drug-likeness (QED) is 0.907. The summed E-state index contributed by atoms with van der Waals surface area (Å²) < 4.78 is 15.0. The number of hydrogen-bond acceptors (Lipinski definition) is 3. The fourth-order valence-corrected chi connectivity index (χ4v) is 2.43. The zero-order valence-corrected chi connectivity index (χ0v) is 11.7. The molecule has 0 fully saturated rings. The number of nitrogens with one attached hydrogen (secondary N) is 2. The number of urea groups is 1.